The minimum atomic E-state index is 0.687. The summed E-state index contributed by atoms with van der Waals surface area (Å²) in [5, 5.41) is 0. The average molecular weight is 177 g/mol. The SMILES string of the molecule is Cc1cc(C)cc(CN(C)C=O)c1. The smallest absolute Gasteiger partial charge is 0.209 e. The third kappa shape index (κ3) is 2.90. The molecule has 70 valence electrons. The van der Waals surface area contributed by atoms with Crippen molar-refractivity contribution in [3.8, 4) is 0 Å². The maximum Gasteiger partial charge on any atom is 0.209 e. The Morgan fingerprint density at radius 3 is 2.23 bits per heavy atom. The molecule has 1 aromatic rings. The highest BCUT2D eigenvalue weighted by Crippen LogP contribution is 2.09. The Hall–Kier alpha value is -1.31. The van der Waals surface area contributed by atoms with E-state index in [9.17, 15) is 4.79 Å². The number of hydrogen-bond acceptors (Lipinski definition) is 1. The highest BCUT2D eigenvalue weighted by Gasteiger charge is 1.98. The Morgan fingerprint density at radius 1 is 1.23 bits per heavy atom. The molecule has 0 aliphatic carbocycles. The lowest BCUT2D eigenvalue weighted by molar-refractivity contribution is -0.117. The van der Waals surface area contributed by atoms with Crippen LogP contribution in [0.25, 0.3) is 0 Å². The lowest BCUT2D eigenvalue weighted by atomic mass is 10.1. The molecule has 13 heavy (non-hydrogen) atoms. The third-order valence-corrected chi connectivity index (χ3v) is 1.89. The van der Waals surface area contributed by atoms with E-state index in [0.717, 1.165) is 6.41 Å². The van der Waals surface area contributed by atoms with Crippen molar-refractivity contribution in [2.75, 3.05) is 7.05 Å². The molecule has 0 saturated heterocycles. The van der Waals surface area contributed by atoms with Crippen molar-refractivity contribution in [1.82, 2.24) is 4.90 Å². The van der Waals surface area contributed by atoms with E-state index in [4.69, 9.17) is 0 Å². The van der Waals surface area contributed by atoms with E-state index in [2.05, 4.69) is 32.0 Å². The van der Waals surface area contributed by atoms with Gasteiger partial charge in [0.15, 0.2) is 0 Å². The highest BCUT2D eigenvalue weighted by molar-refractivity contribution is 5.46. The Bertz CT molecular complexity index is 287. The monoisotopic (exact) mass is 177 g/mol. The fourth-order valence-corrected chi connectivity index (χ4v) is 1.49. The fourth-order valence-electron chi connectivity index (χ4n) is 1.49. The topological polar surface area (TPSA) is 20.3 Å². The molecule has 1 aromatic carbocycles. The summed E-state index contributed by atoms with van der Waals surface area (Å²) in [4.78, 5) is 12.0. The molecule has 2 nitrogen and oxygen atoms in total. The summed E-state index contributed by atoms with van der Waals surface area (Å²) < 4.78 is 0. The van der Waals surface area contributed by atoms with E-state index in [-0.39, 0.29) is 0 Å². The Balaban J connectivity index is 2.82. The van der Waals surface area contributed by atoms with Crippen molar-refractivity contribution in [3.05, 3.63) is 34.9 Å². The van der Waals surface area contributed by atoms with Crippen LogP contribution < -0.4 is 0 Å². The van der Waals surface area contributed by atoms with E-state index in [0.29, 0.717) is 6.54 Å². The quantitative estimate of drug-likeness (QED) is 0.646. The summed E-state index contributed by atoms with van der Waals surface area (Å²) >= 11 is 0. The highest BCUT2D eigenvalue weighted by atomic mass is 16.1. The number of nitrogens with zero attached hydrogens (tertiary/aromatic N) is 1. The molecular weight excluding hydrogens is 162 g/mol. The molecule has 0 bridgehead atoms. The molecule has 1 amide bonds. The van der Waals surface area contributed by atoms with Gasteiger partial charge in [0.2, 0.25) is 6.41 Å². The molecule has 1 rings (SSSR count). The number of carbonyl (C=O) groups is 1. The summed E-state index contributed by atoms with van der Waals surface area (Å²) in [5.74, 6) is 0. The van der Waals surface area contributed by atoms with Crippen molar-refractivity contribution >= 4 is 6.41 Å². The molecule has 0 heterocycles. The Morgan fingerprint density at radius 2 is 1.77 bits per heavy atom. The van der Waals surface area contributed by atoms with Crippen LogP contribution in [-0.4, -0.2) is 18.4 Å². The first kappa shape index (κ1) is 9.78. The molecule has 0 aliphatic heterocycles. The van der Waals surface area contributed by atoms with Gasteiger partial charge >= 0.3 is 0 Å². The lowest BCUT2D eigenvalue weighted by Gasteiger charge is -2.11. The molecule has 0 atom stereocenters. The van der Waals surface area contributed by atoms with Gasteiger partial charge in [0, 0.05) is 13.6 Å². The van der Waals surface area contributed by atoms with E-state index in [1.165, 1.54) is 16.7 Å². The Kier molecular flexibility index (Phi) is 3.07. The van der Waals surface area contributed by atoms with Gasteiger partial charge < -0.3 is 4.90 Å². The minimum absolute atomic E-state index is 0.687. The Labute approximate surface area is 79.2 Å². The molecule has 2 heteroatoms. The first-order valence-electron chi connectivity index (χ1n) is 4.34. The van der Waals surface area contributed by atoms with Crippen molar-refractivity contribution in [3.63, 3.8) is 0 Å². The van der Waals surface area contributed by atoms with E-state index in [1.807, 2.05) is 0 Å². The largest absolute Gasteiger partial charge is 0.344 e. The summed E-state index contributed by atoms with van der Waals surface area (Å²) in [5.41, 5.74) is 3.68. The number of rotatable bonds is 3. The maximum absolute atomic E-state index is 10.4. The number of hydrogen-bond donors (Lipinski definition) is 0. The number of amides is 1. The predicted octanol–water partition coefficient (Wildman–Crippen LogP) is 1.89. The van der Waals surface area contributed by atoms with Crippen LogP contribution in [-0.2, 0) is 11.3 Å². The summed E-state index contributed by atoms with van der Waals surface area (Å²) in [7, 11) is 1.78. The number of carbonyl (C=O) groups excluding carboxylic acids is 1. The van der Waals surface area contributed by atoms with Gasteiger partial charge in [-0.2, -0.15) is 0 Å². The van der Waals surface area contributed by atoms with E-state index >= 15 is 0 Å². The zero-order valence-electron chi connectivity index (χ0n) is 8.37. The van der Waals surface area contributed by atoms with Crippen molar-refractivity contribution in [2.45, 2.75) is 20.4 Å². The molecule has 0 aromatic heterocycles. The summed E-state index contributed by atoms with van der Waals surface area (Å²) in [6.45, 7) is 4.82. The molecule has 0 spiro atoms. The average Bonchev–Trinajstić information content (AvgIpc) is 2.02. The zero-order chi connectivity index (χ0) is 9.84. The molecular formula is C11H15NO. The number of aryl methyl sites for hydroxylation is 2. The molecule has 0 radical (unpaired) electrons. The van der Waals surface area contributed by atoms with Crippen molar-refractivity contribution in [1.29, 1.82) is 0 Å². The second kappa shape index (κ2) is 4.08. The zero-order valence-corrected chi connectivity index (χ0v) is 8.37. The third-order valence-electron chi connectivity index (χ3n) is 1.89. The van der Waals surface area contributed by atoms with Crippen LogP contribution in [0.3, 0.4) is 0 Å². The standard InChI is InChI=1S/C11H15NO/c1-9-4-10(2)6-11(5-9)7-12(3)8-13/h4-6,8H,7H2,1-3H3. The van der Waals surface area contributed by atoms with Gasteiger partial charge in [-0.25, -0.2) is 0 Å². The molecule has 0 fully saturated rings. The van der Waals surface area contributed by atoms with E-state index in [1.54, 1.807) is 11.9 Å². The predicted molar refractivity (Wildman–Crippen MR) is 53.4 cm³/mol. The number of benzene rings is 1. The first-order valence-corrected chi connectivity index (χ1v) is 4.34. The van der Waals surface area contributed by atoms with Crippen LogP contribution in [0.2, 0.25) is 0 Å². The second-order valence-electron chi connectivity index (χ2n) is 3.52. The van der Waals surface area contributed by atoms with Gasteiger partial charge in [0.25, 0.3) is 0 Å². The van der Waals surface area contributed by atoms with Gasteiger partial charge in [-0.15, -0.1) is 0 Å². The van der Waals surface area contributed by atoms with Crippen LogP contribution in [0.5, 0.6) is 0 Å². The van der Waals surface area contributed by atoms with Gasteiger partial charge in [-0.3, -0.25) is 4.79 Å². The summed E-state index contributed by atoms with van der Waals surface area (Å²) in [6.07, 6.45) is 0.845. The van der Waals surface area contributed by atoms with Crippen LogP contribution >= 0.6 is 0 Å². The van der Waals surface area contributed by atoms with Crippen LogP contribution in [0.15, 0.2) is 18.2 Å². The normalized spacial score (nSPS) is 9.77. The van der Waals surface area contributed by atoms with Gasteiger partial charge in [-0.1, -0.05) is 29.3 Å². The van der Waals surface area contributed by atoms with Gasteiger partial charge in [-0.05, 0) is 19.4 Å². The summed E-state index contributed by atoms with van der Waals surface area (Å²) in [6, 6.07) is 6.34. The lowest BCUT2D eigenvalue weighted by Crippen LogP contribution is -2.14. The van der Waals surface area contributed by atoms with Gasteiger partial charge in [0.05, 0.1) is 0 Å². The van der Waals surface area contributed by atoms with Crippen LogP contribution in [0.1, 0.15) is 16.7 Å². The first-order chi connectivity index (χ1) is 6.11. The van der Waals surface area contributed by atoms with Gasteiger partial charge in [0.1, 0.15) is 0 Å². The molecule has 0 saturated carbocycles. The maximum atomic E-state index is 10.4. The molecule has 0 unspecified atom stereocenters. The molecule has 0 aliphatic rings. The van der Waals surface area contributed by atoms with Crippen LogP contribution in [0, 0.1) is 13.8 Å². The van der Waals surface area contributed by atoms with E-state index < -0.39 is 0 Å². The van der Waals surface area contributed by atoms with Crippen molar-refractivity contribution in [2.24, 2.45) is 0 Å². The minimum Gasteiger partial charge on any atom is -0.344 e. The second-order valence-corrected chi connectivity index (χ2v) is 3.52. The van der Waals surface area contributed by atoms with Crippen LogP contribution in [0.4, 0.5) is 0 Å². The molecule has 0 N–H and O–H groups in total. The van der Waals surface area contributed by atoms with Crippen molar-refractivity contribution < 1.29 is 4.79 Å². The fraction of sp³-hybridized carbons (Fsp3) is 0.364.